The van der Waals surface area contributed by atoms with Crippen LogP contribution in [0.3, 0.4) is 0 Å². The first-order chi connectivity index (χ1) is 27.9. The molecule has 0 heterocycles. The van der Waals surface area contributed by atoms with Crippen molar-refractivity contribution in [2.24, 2.45) is 0 Å². The molecule has 0 bridgehead atoms. The van der Waals surface area contributed by atoms with Crippen molar-refractivity contribution in [1.29, 1.82) is 0 Å². The number of carbonyl (C=O) groups is 2. The Morgan fingerprint density at radius 2 is 0.912 bits per heavy atom. The zero-order chi connectivity index (χ0) is 40.5. The Kier molecular flexibility index (Phi) is 21.3. The van der Waals surface area contributed by atoms with Crippen molar-refractivity contribution in [2.45, 2.75) is 12.3 Å². The zero-order valence-electron chi connectivity index (χ0n) is 31.6. The number of fused-ring (bicyclic) bond motifs is 3. The molecule has 1 aliphatic rings. The van der Waals surface area contributed by atoms with Gasteiger partial charge >= 0.3 is 12.1 Å². The molecule has 0 saturated heterocycles. The number of carbonyl (C=O) groups excluding carboxylic acids is 2. The molecule has 0 radical (unpaired) electrons. The van der Waals surface area contributed by atoms with Crippen LogP contribution < -0.4 is 10.1 Å². The molecule has 0 atom stereocenters. The van der Waals surface area contributed by atoms with E-state index in [0.29, 0.717) is 92.4 Å². The number of nitrogens with one attached hydrogen (secondary N) is 1. The van der Waals surface area contributed by atoms with E-state index in [1.54, 1.807) is 0 Å². The highest BCUT2D eigenvalue weighted by atomic mass is 19.2. The van der Waals surface area contributed by atoms with Gasteiger partial charge in [0.2, 0.25) is 17.4 Å². The minimum atomic E-state index is -1.80. The SMILES string of the molecule is O=C(CCOCCOCCOCCOCCOCCOCCOCCOCCNC(=O)OCC1c2ccccc2-c2ccccc21)Oc1c(F)c(F)cc(F)c1F. The first kappa shape index (κ1) is 45.5. The Balaban J connectivity index is 0.820. The first-order valence-corrected chi connectivity index (χ1v) is 18.6. The first-order valence-electron chi connectivity index (χ1n) is 18.6. The summed E-state index contributed by atoms with van der Waals surface area (Å²) in [6, 6.07) is 16.4. The van der Waals surface area contributed by atoms with Crippen LogP contribution in [0.15, 0.2) is 54.6 Å². The quantitative estimate of drug-likeness (QED) is 0.0311. The predicted octanol–water partition coefficient (Wildman–Crippen LogP) is 5.21. The van der Waals surface area contributed by atoms with Gasteiger partial charge in [-0.15, -0.1) is 0 Å². The van der Waals surface area contributed by atoms with Gasteiger partial charge in [0, 0.05) is 18.5 Å². The van der Waals surface area contributed by atoms with Crippen LogP contribution in [0.5, 0.6) is 5.75 Å². The molecule has 17 heteroatoms. The number of esters is 1. The summed E-state index contributed by atoms with van der Waals surface area (Å²) in [6.07, 6.45) is -0.876. The average Bonchev–Trinajstić information content (AvgIpc) is 3.54. The van der Waals surface area contributed by atoms with E-state index in [9.17, 15) is 27.2 Å². The van der Waals surface area contributed by atoms with Crippen molar-refractivity contribution in [3.8, 4) is 16.9 Å². The average molecular weight is 812 g/mol. The van der Waals surface area contributed by atoms with E-state index in [1.165, 1.54) is 22.3 Å². The van der Waals surface area contributed by atoms with Gasteiger partial charge in [-0.1, -0.05) is 48.5 Å². The van der Waals surface area contributed by atoms with Crippen molar-refractivity contribution in [3.63, 3.8) is 0 Å². The number of ether oxygens (including phenoxy) is 10. The van der Waals surface area contributed by atoms with Gasteiger partial charge in [0.15, 0.2) is 11.6 Å². The van der Waals surface area contributed by atoms with E-state index >= 15 is 0 Å². The van der Waals surface area contributed by atoms with E-state index in [-0.39, 0.29) is 38.4 Å². The van der Waals surface area contributed by atoms with Crippen LogP contribution in [0.4, 0.5) is 22.4 Å². The van der Waals surface area contributed by atoms with Crippen molar-refractivity contribution in [3.05, 3.63) is 89.0 Å². The molecule has 0 aliphatic heterocycles. The van der Waals surface area contributed by atoms with Gasteiger partial charge < -0.3 is 52.7 Å². The summed E-state index contributed by atoms with van der Waals surface area (Å²) in [6.45, 7) is 5.74. The van der Waals surface area contributed by atoms with Crippen LogP contribution in [0.1, 0.15) is 23.5 Å². The molecule has 1 aliphatic carbocycles. The molecule has 0 unspecified atom stereocenters. The highest BCUT2D eigenvalue weighted by molar-refractivity contribution is 5.79. The van der Waals surface area contributed by atoms with E-state index in [1.807, 2.05) is 24.3 Å². The molecule has 3 aromatic rings. The summed E-state index contributed by atoms with van der Waals surface area (Å²) < 4.78 is 107. The molecule has 0 fully saturated rings. The Hall–Kier alpha value is -4.20. The van der Waals surface area contributed by atoms with E-state index in [2.05, 4.69) is 34.3 Å². The van der Waals surface area contributed by atoms with E-state index in [0.717, 1.165) is 0 Å². The minimum absolute atomic E-state index is 0.0145. The van der Waals surface area contributed by atoms with Crippen molar-refractivity contribution < 1.29 is 74.5 Å². The maximum absolute atomic E-state index is 13.5. The fourth-order valence-electron chi connectivity index (χ4n) is 5.48. The lowest BCUT2D eigenvalue weighted by Gasteiger charge is -2.14. The molecule has 1 amide bonds. The monoisotopic (exact) mass is 811 g/mol. The maximum Gasteiger partial charge on any atom is 0.407 e. The summed E-state index contributed by atoms with van der Waals surface area (Å²) in [5, 5.41) is 2.72. The predicted molar refractivity (Wildman–Crippen MR) is 196 cm³/mol. The molecule has 13 nitrogen and oxygen atoms in total. The second kappa shape index (κ2) is 26.7. The van der Waals surface area contributed by atoms with Crippen molar-refractivity contribution >= 4 is 12.1 Å². The van der Waals surface area contributed by atoms with Crippen LogP contribution in [0.25, 0.3) is 11.1 Å². The van der Waals surface area contributed by atoms with Gasteiger partial charge in [0.1, 0.15) is 6.61 Å². The van der Waals surface area contributed by atoms with Crippen LogP contribution in [0.2, 0.25) is 0 Å². The van der Waals surface area contributed by atoms with Crippen molar-refractivity contribution in [2.75, 3.05) is 119 Å². The normalized spacial score (nSPS) is 12.1. The fraction of sp³-hybridized carbons (Fsp3) is 0.500. The molecule has 0 spiro atoms. The third-order valence-electron chi connectivity index (χ3n) is 8.20. The van der Waals surface area contributed by atoms with Crippen molar-refractivity contribution in [1.82, 2.24) is 5.32 Å². The highest BCUT2D eigenvalue weighted by Crippen LogP contribution is 2.44. The maximum atomic E-state index is 13.5. The highest BCUT2D eigenvalue weighted by Gasteiger charge is 2.29. The minimum Gasteiger partial charge on any atom is -0.449 e. The molecule has 0 aromatic heterocycles. The van der Waals surface area contributed by atoms with Gasteiger partial charge in [-0.2, -0.15) is 8.78 Å². The largest absolute Gasteiger partial charge is 0.449 e. The number of benzene rings is 3. The number of halogens is 4. The van der Waals surface area contributed by atoms with E-state index in [4.69, 9.17) is 42.6 Å². The Morgan fingerprint density at radius 1 is 0.526 bits per heavy atom. The fourth-order valence-corrected chi connectivity index (χ4v) is 5.48. The number of alkyl carbamates (subject to hydrolysis) is 1. The standard InChI is InChI=1S/C40H49F4NO12/c41-34-27-35(42)38(44)39(37(34)43)57-36(46)9-11-48-13-15-50-17-19-52-21-23-54-25-26-55-24-22-53-20-18-51-16-14-49-12-10-45-40(47)56-28-33-31-7-3-1-5-29(31)30-6-2-4-8-32(30)33/h1-8,27,33H,9-26,28H2,(H,45,47). The molecule has 57 heavy (non-hydrogen) atoms. The lowest BCUT2D eigenvalue weighted by Crippen LogP contribution is -2.29. The van der Waals surface area contributed by atoms with Gasteiger partial charge in [0.25, 0.3) is 0 Å². The summed E-state index contributed by atoms with van der Waals surface area (Å²) >= 11 is 0. The van der Waals surface area contributed by atoms with Gasteiger partial charge in [-0.05, 0) is 22.3 Å². The summed E-state index contributed by atoms with van der Waals surface area (Å²) in [5.74, 6) is -9.49. The third-order valence-corrected chi connectivity index (χ3v) is 8.20. The topological polar surface area (TPSA) is 138 Å². The lowest BCUT2D eigenvalue weighted by molar-refractivity contribution is -0.136. The van der Waals surface area contributed by atoms with Crippen LogP contribution >= 0.6 is 0 Å². The molecule has 1 N–H and O–H groups in total. The molecule has 3 aromatic carbocycles. The molecule has 0 saturated carbocycles. The Morgan fingerprint density at radius 3 is 1.35 bits per heavy atom. The summed E-state index contributed by atoms with van der Waals surface area (Å²) in [7, 11) is 0. The van der Waals surface area contributed by atoms with Crippen LogP contribution in [0, 0.1) is 23.3 Å². The summed E-state index contributed by atoms with van der Waals surface area (Å²) in [4.78, 5) is 23.9. The number of hydrogen-bond donors (Lipinski definition) is 1. The molecular formula is C40H49F4NO12. The molecular weight excluding hydrogens is 762 g/mol. The van der Waals surface area contributed by atoms with E-state index < -0.39 is 47.5 Å². The smallest absolute Gasteiger partial charge is 0.407 e. The Labute approximate surface area is 328 Å². The summed E-state index contributed by atoms with van der Waals surface area (Å²) in [5.41, 5.74) is 4.69. The number of rotatable bonds is 30. The lowest BCUT2D eigenvalue weighted by atomic mass is 9.98. The van der Waals surface area contributed by atoms with Crippen LogP contribution in [-0.4, -0.2) is 131 Å². The third kappa shape index (κ3) is 16.3. The second-order valence-electron chi connectivity index (χ2n) is 12.2. The van der Waals surface area contributed by atoms with Gasteiger partial charge in [-0.3, -0.25) is 4.79 Å². The number of amides is 1. The van der Waals surface area contributed by atoms with Gasteiger partial charge in [0.05, 0.1) is 112 Å². The molecule has 4 rings (SSSR count). The Bertz CT molecular complexity index is 1580. The zero-order valence-corrected chi connectivity index (χ0v) is 31.6. The molecule has 314 valence electrons. The number of hydrogen-bond acceptors (Lipinski definition) is 12. The van der Waals surface area contributed by atoms with Crippen LogP contribution in [-0.2, 0) is 47.4 Å². The second-order valence-corrected chi connectivity index (χ2v) is 12.2. The van der Waals surface area contributed by atoms with Gasteiger partial charge in [-0.25, -0.2) is 13.6 Å².